The van der Waals surface area contributed by atoms with Gasteiger partial charge in [-0.05, 0) is 32.3 Å². The highest BCUT2D eigenvalue weighted by molar-refractivity contribution is 5.80. The molecule has 0 unspecified atom stereocenters. The van der Waals surface area contributed by atoms with Crippen molar-refractivity contribution in [2.24, 2.45) is 5.41 Å². The number of carboxylic acids is 1. The number of carbonyl (C=O) groups is 2. The minimum absolute atomic E-state index is 0.0861. The number of benzene rings is 1. The molecule has 4 nitrogen and oxygen atoms in total. The number of likely N-dealkylation sites (tertiary alicyclic amines) is 1. The average molecular weight is 275 g/mol. The fourth-order valence-corrected chi connectivity index (χ4v) is 2.57. The molecule has 2 rings (SSSR count). The van der Waals surface area contributed by atoms with Crippen LogP contribution in [0.3, 0.4) is 0 Å². The Morgan fingerprint density at radius 2 is 1.95 bits per heavy atom. The second-order valence-electron chi connectivity index (χ2n) is 5.91. The molecule has 1 heterocycles. The van der Waals surface area contributed by atoms with E-state index in [4.69, 9.17) is 0 Å². The topological polar surface area (TPSA) is 57.6 Å². The van der Waals surface area contributed by atoms with Crippen molar-refractivity contribution in [1.29, 1.82) is 0 Å². The molecule has 1 saturated heterocycles. The van der Waals surface area contributed by atoms with E-state index in [-0.39, 0.29) is 5.91 Å². The number of carboxylic acid groups (broad SMARTS) is 1. The molecule has 1 aromatic carbocycles. The summed E-state index contributed by atoms with van der Waals surface area (Å²) in [4.78, 5) is 25.2. The van der Waals surface area contributed by atoms with E-state index in [9.17, 15) is 14.7 Å². The van der Waals surface area contributed by atoms with Crippen LogP contribution in [0.2, 0.25) is 0 Å². The molecule has 0 spiro atoms. The first-order chi connectivity index (χ1) is 9.40. The van der Waals surface area contributed by atoms with E-state index in [0.717, 1.165) is 11.1 Å². The first-order valence-electron chi connectivity index (χ1n) is 6.97. The third-order valence-electron chi connectivity index (χ3n) is 4.17. The van der Waals surface area contributed by atoms with Crippen LogP contribution in [-0.2, 0) is 16.0 Å². The second kappa shape index (κ2) is 5.65. The first kappa shape index (κ1) is 14.6. The van der Waals surface area contributed by atoms with E-state index in [2.05, 4.69) is 0 Å². The molecule has 1 amide bonds. The van der Waals surface area contributed by atoms with Gasteiger partial charge in [0.05, 0.1) is 11.8 Å². The van der Waals surface area contributed by atoms with Crippen LogP contribution in [0.5, 0.6) is 0 Å². The molecule has 0 atom stereocenters. The van der Waals surface area contributed by atoms with Crippen molar-refractivity contribution in [3.63, 3.8) is 0 Å². The van der Waals surface area contributed by atoms with Gasteiger partial charge in [0.1, 0.15) is 0 Å². The fraction of sp³-hybridized carbons (Fsp3) is 0.500. The summed E-state index contributed by atoms with van der Waals surface area (Å²) in [5.74, 6) is -0.675. The van der Waals surface area contributed by atoms with Crippen LogP contribution in [0, 0.1) is 12.3 Å². The Balaban J connectivity index is 1.94. The summed E-state index contributed by atoms with van der Waals surface area (Å²) in [5.41, 5.74) is 1.48. The monoisotopic (exact) mass is 275 g/mol. The minimum atomic E-state index is -0.761. The zero-order valence-corrected chi connectivity index (χ0v) is 12.1. The summed E-state index contributed by atoms with van der Waals surface area (Å²) in [6.07, 6.45) is 1.45. The fourth-order valence-electron chi connectivity index (χ4n) is 2.57. The predicted octanol–water partition coefficient (Wildman–Crippen LogP) is 2.25. The van der Waals surface area contributed by atoms with Crippen molar-refractivity contribution in [3.8, 4) is 0 Å². The van der Waals surface area contributed by atoms with Crippen molar-refractivity contribution in [3.05, 3.63) is 35.4 Å². The zero-order chi connectivity index (χ0) is 14.8. The highest BCUT2D eigenvalue weighted by atomic mass is 16.4. The lowest BCUT2D eigenvalue weighted by Gasteiger charge is -2.36. The molecule has 0 saturated carbocycles. The Bertz CT molecular complexity index is 516. The molecule has 0 radical (unpaired) electrons. The maximum absolute atomic E-state index is 12.2. The van der Waals surface area contributed by atoms with Crippen LogP contribution in [0.25, 0.3) is 0 Å². The Morgan fingerprint density at radius 1 is 1.30 bits per heavy atom. The Labute approximate surface area is 119 Å². The van der Waals surface area contributed by atoms with Crippen LogP contribution in [0.4, 0.5) is 0 Å². The van der Waals surface area contributed by atoms with Gasteiger partial charge >= 0.3 is 5.97 Å². The number of nitrogens with zero attached hydrogens (tertiary/aromatic N) is 1. The molecule has 108 valence electrons. The summed E-state index contributed by atoms with van der Waals surface area (Å²) < 4.78 is 0. The maximum atomic E-state index is 12.2. The van der Waals surface area contributed by atoms with E-state index >= 15 is 0 Å². The summed E-state index contributed by atoms with van der Waals surface area (Å²) in [6, 6.07) is 7.93. The number of amides is 1. The van der Waals surface area contributed by atoms with Gasteiger partial charge in [-0.2, -0.15) is 0 Å². The minimum Gasteiger partial charge on any atom is -0.481 e. The van der Waals surface area contributed by atoms with Crippen molar-refractivity contribution >= 4 is 11.9 Å². The van der Waals surface area contributed by atoms with Crippen LogP contribution < -0.4 is 0 Å². The molecular formula is C16H21NO3. The lowest BCUT2D eigenvalue weighted by molar-refractivity contribution is -0.152. The van der Waals surface area contributed by atoms with Crippen molar-refractivity contribution in [1.82, 2.24) is 4.90 Å². The van der Waals surface area contributed by atoms with Gasteiger partial charge in [0, 0.05) is 13.1 Å². The Kier molecular flexibility index (Phi) is 4.12. The molecule has 1 aliphatic rings. The number of hydrogen-bond donors (Lipinski definition) is 1. The number of aryl methyl sites for hydroxylation is 1. The standard InChI is InChI=1S/C16H21NO3/c1-12-4-3-5-13(10-12)11-14(18)17-8-6-16(2,7-9-17)15(19)20/h3-5,10H,6-9,11H2,1-2H3,(H,19,20). The van der Waals surface area contributed by atoms with Crippen LogP contribution in [-0.4, -0.2) is 35.0 Å². The van der Waals surface area contributed by atoms with Crippen molar-refractivity contribution in [2.45, 2.75) is 33.1 Å². The van der Waals surface area contributed by atoms with Gasteiger partial charge in [-0.3, -0.25) is 9.59 Å². The van der Waals surface area contributed by atoms with Gasteiger partial charge < -0.3 is 10.0 Å². The van der Waals surface area contributed by atoms with E-state index in [0.29, 0.717) is 32.4 Å². The smallest absolute Gasteiger partial charge is 0.309 e. The number of carbonyl (C=O) groups excluding carboxylic acids is 1. The molecule has 0 aliphatic carbocycles. The molecular weight excluding hydrogens is 254 g/mol. The Hall–Kier alpha value is -1.84. The molecule has 1 N–H and O–H groups in total. The lowest BCUT2D eigenvalue weighted by atomic mass is 9.80. The largest absolute Gasteiger partial charge is 0.481 e. The zero-order valence-electron chi connectivity index (χ0n) is 12.1. The Morgan fingerprint density at radius 3 is 2.50 bits per heavy atom. The van der Waals surface area contributed by atoms with Crippen LogP contribution in [0.1, 0.15) is 30.9 Å². The summed E-state index contributed by atoms with van der Waals surface area (Å²) in [6.45, 7) is 4.84. The third-order valence-corrected chi connectivity index (χ3v) is 4.17. The van der Waals surface area contributed by atoms with Crippen molar-refractivity contribution in [2.75, 3.05) is 13.1 Å². The summed E-state index contributed by atoms with van der Waals surface area (Å²) >= 11 is 0. The highest BCUT2D eigenvalue weighted by Crippen LogP contribution is 2.31. The number of aliphatic carboxylic acids is 1. The van der Waals surface area contributed by atoms with Crippen molar-refractivity contribution < 1.29 is 14.7 Å². The normalized spacial score (nSPS) is 17.8. The maximum Gasteiger partial charge on any atom is 0.309 e. The lowest BCUT2D eigenvalue weighted by Crippen LogP contribution is -2.45. The van der Waals surface area contributed by atoms with E-state index in [1.807, 2.05) is 31.2 Å². The molecule has 1 aromatic rings. The van der Waals surface area contributed by atoms with Gasteiger partial charge in [0.15, 0.2) is 0 Å². The molecule has 0 bridgehead atoms. The van der Waals surface area contributed by atoms with Gasteiger partial charge in [0.25, 0.3) is 0 Å². The molecule has 20 heavy (non-hydrogen) atoms. The SMILES string of the molecule is Cc1cccc(CC(=O)N2CCC(C)(C(=O)O)CC2)c1. The molecule has 0 aromatic heterocycles. The van der Waals surface area contributed by atoms with Crippen LogP contribution in [0.15, 0.2) is 24.3 Å². The van der Waals surface area contributed by atoms with Gasteiger partial charge in [-0.15, -0.1) is 0 Å². The van der Waals surface area contributed by atoms with Gasteiger partial charge in [-0.1, -0.05) is 29.8 Å². The number of piperidine rings is 1. The highest BCUT2D eigenvalue weighted by Gasteiger charge is 2.37. The predicted molar refractivity (Wildman–Crippen MR) is 76.4 cm³/mol. The summed E-state index contributed by atoms with van der Waals surface area (Å²) in [7, 11) is 0. The van der Waals surface area contributed by atoms with Crippen LogP contribution >= 0.6 is 0 Å². The first-order valence-corrected chi connectivity index (χ1v) is 6.97. The number of rotatable bonds is 3. The molecule has 4 heteroatoms. The van der Waals surface area contributed by atoms with E-state index in [1.165, 1.54) is 0 Å². The average Bonchev–Trinajstić information content (AvgIpc) is 2.39. The van der Waals surface area contributed by atoms with Gasteiger partial charge in [0.2, 0.25) is 5.91 Å². The number of hydrogen-bond acceptors (Lipinski definition) is 2. The quantitative estimate of drug-likeness (QED) is 0.920. The molecule has 1 aliphatic heterocycles. The third kappa shape index (κ3) is 3.18. The van der Waals surface area contributed by atoms with Gasteiger partial charge in [-0.25, -0.2) is 0 Å². The van der Waals surface area contributed by atoms with E-state index < -0.39 is 11.4 Å². The molecule has 1 fully saturated rings. The van der Waals surface area contributed by atoms with E-state index in [1.54, 1.807) is 11.8 Å². The second-order valence-corrected chi connectivity index (χ2v) is 5.91. The summed E-state index contributed by atoms with van der Waals surface area (Å²) in [5, 5.41) is 9.18.